The number of carbonyl (C=O) groups excluding carboxylic acids is 7. The van der Waals surface area contributed by atoms with Crippen LogP contribution in [-0.2, 0) is 33.5 Å². The van der Waals surface area contributed by atoms with Crippen molar-refractivity contribution in [1.82, 2.24) is 31.1 Å². The normalized spacial score (nSPS) is 23.3. The molecule has 6 amide bonds. The molecule has 5 rings (SSSR count). The summed E-state index contributed by atoms with van der Waals surface area (Å²) in [5.41, 5.74) is -0.265. The molecule has 3 saturated carbocycles. The zero-order valence-electron chi connectivity index (χ0n) is 34.2. The lowest BCUT2D eigenvalue weighted by Gasteiger charge is -2.37. The molecule has 0 spiro atoms. The number of piperidine rings is 1. The lowest BCUT2D eigenvalue weighted by atomic mass is 9.80. The largest absolute Gasteiger partial charge is 0.444 e. The number of nitrogens with one attached hydrogen (secondary N) is 4. The summed E-state index contributed by atoms with van der Waals surface area (Å²) in [6.45, 7) is 9.24. The predicted octanol–water partition coefficient (Wildman–Crippen LogP) is 3.64. The Morgan fingerprint density at radius 3 is 2.14 bits per heavy atom. The van der Waals surface area contributed by atoms with Gasteiger partial charge in [-0.2, -0.15) is 0 Å². The van der Waals surface area contributed by atoms with Crippen molar-refractivity contribution >= 4 is 41.4 Å². The number of ether oxygens (including phenoxy) is 1. The number of fused-ring (bicyclic) bond motifs is 1. The topological polar surface area (TPSA) is 183 Å². The Kier molecular flexibility index (Phi) is 13.5. The quantitative estimate of drug-likeness (QED) is 0.195. The summed E-state index contributed by atoms with van der Waals surface area (Å²) >= 11 is 0. The van der Waals surface area contributed by atoms with Crippen molar-refractivity contribution in [2.45, 2.75) is 129 Å². The third kappa shape index (κ3) is 10.5. The molecule has 4 N–H and O–H groups in total. The van der Waals surface area contributed by atoms with E-state index in [-0.39, 0.29) is 53.7 Å². The van der Waals surface area contributed by atoms with Gasteiger partial charge in [0.2, 0.25) is 29.4 Å². The van der Waals surface area contributed by atoms with Crippen LogP contribution in [0.4, 0.5) is 4.79 Å². The van der Waals surface area contributed by atoms with Gasteiger partial charge in [-0.25, -0.2) is 4.79 Å². The van der Waals surface area contributed by atoms with Gasteiger partial charge in [0.1, 0.15) is 17.7 Å². The van der Waals surface area contributed by atoms with Crippen LogP contribution in [0.5, 0.6) is 0 Å². The summed E-state index contributed by atoms with van der Waals surface area (Å²) in [5.74, 6) is -3.55. The number of rotatable bonds is 15. The van der Waals surface area contributed by atoms with Crippen molar-refractivity contribution in [3.05, 3.63) is 35.9 Å². The van der Waals surface area contributed by atoms with Crippen LogP contribution < -0.4 is 21.3 Å². The molecule has 1 saturated heterocycles. The van der Waals surface area contributed by atoms with E-state index in [1.54, 1.807) is 64.0 Å². The number of likely N-dealkylation sites (tertiary alicyclic amines) is 1. The van der Waals surface area contributed by atoms with Gasteiger partial charge in [0.25, 0.3) is 5.91 Å². The minimum absolute atomic E-state index is 0.00291. The zero-order chi connectivity index (χ0) is 40.9. The van der Waals surface area contributed by atoms with Crippen LogP contribution in [-0.4, -0.2) is 102 Å². The fourth-order valence-corrected chi connectivity index (χ4v) is 8.77. The standard InChI is InChI=1S/C42H62N6O8/c1-41(2,3)56-40(55)46-34(27-19-12-9-13-20-27)39(54)48-24-28-33(42(28,4)5)35(48)37(52)45-30(21-25-15-14-16-25)36(51)38(53)43-23-31(49)44-29(22-32(50)47(6)7)26-17-10-8-11-18-26/h8,10-11,17-18,25,27-30,33-35H,9,12-16,19-24H2,1-7H3,(H,43,53)(H,44,49)(H,45,52)(H,46,55)/t28-,29+,30-,33-,34-,35-/m0/s1. The van der Waals surface area contributed by atoms with E-state index >= 15 is 0 Å². The van der Waals surface area contributed by atoms with E-state index in [1.807, 2.05) is 6.07 Å². The first-order chi connectivity index (χ1) is 26.4. The van der Waals surface area contributed by atoms with E-state index in [9.17, 15) is 33.6 Å². The molecule has 0 bridgehead atoms. The molecule has 1 aliphatic heterocycles. The Morgan fingerprint density at radius 2 is 1.55 bits per heavy atom. The van der Waals surface area contributed by atoms with Gasteiger partial charge in [0.15, 0.2) is 0 Å². The fraction of sp³-hybridized carbons (Fsp3) is 0.690. The van der Waals surface area contributed by atoms with Crippen LogP contribution in [0.25, 0.3) is 0 Å². The molecule has 0 radical (unpaired) electrons. The van der Waals surface area contributed by atoms with Crippen LogP contribution in [0, 0.1) is 29.1 Å². The van der Waals surface area contributed by atoms with Crippen LogP contribution in [0.3, 0.4) is 0 Å². The molecule has 1 heterocycles. The minimum Gasteiger partial charge on any atom is -0.444 e. The SMILES string of the molecule is CN(C)C(=O)C[C@@H](NC(=O)CNC(=O)C(=O)[C@H](CC1CCC1)NC(=O)[C@@H]1[C@@H]2[C@H](CN1C(=O)[C@@H](NC(=O)OC(C)(C)C)C1CCCCC1)C2(C)C)c1ccccc1. The Bertz CT molecular complexity index is 1630. The highest BCUT2D eigenvalue weighted by atomic mass is 16.6. The number of hydrogen-bond acceptors (Lipinski definition) is 8. The van der Waals surface area contributed by atoms with Crippen molar-refractivity contribution in [3.8, 4) is 0 Å². The first-order valence-corrected chi connectivity index (χ1v) is 20.3. The number of Topliss-reactive ketones (excluding diaryl/α,β-unsaturated/α-hetero) is 1. The van der Waals surface area contributed by atoms with E-state index in [0.29, 0.717) is 12.1 Å². The number of benzene rings is 1. The highest BCUT2D eigenvalue weighted by Gasteiger charge is 2.69. The maximum atomic E-state index is 14.5. The first-order valence-electron chi connectivity index (χ1n) is 20.3. The summed E-state index contributed by atoms with van der Waals surface area (Å²) in [7, 11) is 3.25. The lowest BCUT2D eigenvalue weighted by Crippen LogP contribution is -2.60. The van der Waals surface area contributed by atoms with Crippen molar-refractivity contribution in [1.29, 1.82) is 0 Å². The Hall–Kier alpha value is -4.49. The van der Waals surface area contributed by atoms with Crippen LogP contribution in [0.2, 0.25) is 0 Å². The van der Waals surface area contributed by atoms with Gasteiger partial charge in [-0.05, 0) is 74.7 Å². The molecule has 3 aliphatic carbocycles. The molecule has 14 nitrogen and oxygen atoms in total. The third-order valence-electron chi connectivity index (χ3n) is 12.3. The Balaban J connectivity index is 1.28. The Morgan fingerprint density at radius 1 is 0.893 bits per heavy atom. The smallest absolute Gasteiger partial charge is 0.408 e. The number of alkyl carbamates (subject to hydrolysis) is 1. The highest BCUT2D eigenvalue weighted by Crippen LogP contribution is 2.65. The summed E-state index contributed by atoms with van der Waals surface area (Å²) in [6.07, 6.45) is 6.75. The van der Waals surface area contributed by atoms with Gasteiger partial charge in [-0.1, -0.05) is 82.7 Å². The van der Waals surface area contributed by atoms with Gasteiger partial charge in [-0.3, -0.25) is 28.8 Å². The van der Waals surface area contributed by atoms with Gasteiger partial charge in [-0.15, -0.1) is 0 Å². The van der Waals surface area contributed by atoms with Gasteiger partial charge < -0.3 is 35.8 Å². The van der Waals surface area contributed by atoms with Crippen molar-refractivity contribution in [2.75, 3.05) is 27.2 Å². The van der Waals surface area contributed by atoms with Crippen molar-refractivity contribution in [2.24, 2.45) is 29.1 Å². The molecular formula is C42H62N6O8. The average Bonchev–Trinajstić information content (AvgIpc) is 3.42. The second-order valence-corrected chi connectivity index (χ2v) is 18.1. The number of ketones is 1. The number of amides is 6. The first kappa shape index (κ1) is 42.6. The van der Waals surface area contributed by atoms with Crippen molar-refractivity contribution in [3.63, 3.8) is 0 Å². The van der Waals surface area contributed by atoms with Crippen LogP contribution in [0.1, 0.15) is 110 Å². The second kappa shape index (κ2) is 17.8. The molecular weight excluding hydrogens is 716 g/mol. The third-order valence-corrected chi connectivity index (χ3v) is 12.3. The maximum absolute atomic E-state index is 14.5. The molecule has 56 heavy (non-hydrogen) atoms. The van der Waals surface area contributed by atoms with E-state index in [4.69, 9.17) is 4.74 Å². The number of nitrogens with zero attached hydrogens (tertiary/aromatic N) is 2. The van der Waals surface area contributed by atoms with Gasteiger partial charge in [0, 0.05) is 20.6 Å². The van der Waals surface area contributed by atoms with Crippen LogP contribution in [0.15, 0.2) is 30.3 Å². The van der Waals surface area contributed by atoms with Gasteiger partial charge >= 0.3 is 6.09 Å². The van der Waals surface area contributed by atoms with E-state index < -0.39 is 65.9 Å². The molecule has 4 aliphatic rings. The maximum Gasteiger partial charge on any atom is 0.408 e. The molecule has 4 fully saturated rings. The lowest BCUT2D eigenvalue weighted by molar-refractivity contribution is -0.145. The fourth-order valence-electron chi connectivity index (χ4n) is 8.77. The second-order valence-electron chi connectivity index (χ2n) is 18.1. The van der Waals surface area contributed by atoms with E-state index in [0.717, 1.165) is 51.4 Å². The van der Waals surface area contributed by atoms with E-state index in [1.165, 1.54) is 4.90 Å². The minimum atomic E-state index is -1.16. The summed E-state index contributed by atoms with van der Waals surface area (Å²) in [5, 5.41) is 11.0. The van der Waals surface area contributed by atoms with Crippen LogP contribution >= 0.6 is 0 Å². The summed E-state index contributed by atoms with van der Waals surface area (Å²) in [4.78, 5) is 97.6. The summed E-state index contributed by atoms with van der Waals surface area (Å²) < 4.78 is 5.55. The monoisotopic (exact) mass is 778 g/mol. The number of hydrogen-bond donors (Lipinski definition) is 4. The molecule has 0 unspecified atom stereocenters. The molecule has 14 heteroatoms. The zero-order valence-corrected chi connectivity index (χ0v) is 34.2. The highest BCUT2D eigenvalue weighted by molar-refractivity contribution is 6.38. The Labute approximate surface area is 331 Å². The molecule has 308 valence electrons. The van der Waals surface area contributed by atoms with E-state index in [2.05, 4.69) is 35.1 Å². The molecule has 1 aromatic rings. The average molecular weight is 779 g/mol. The van der Waals surface area contributed by atoms with Crippen molar-refractivity contribution < 1.29 is 38.3 Å². The number of carbonyl (C=O) groups is 7. The van der Waals surface area contributed by atoms with Gasteiger partial charge in [0.05, 0.1) is 25.0 Å². The molecule has 1 aromatic carbocycles. The summed E-state index contributed by atoms with van der Waals surface area (Å²) in [6, 6.07) is 5.44. The predicted molar refractivity (Wildman–Crippen MR) is 209 cm³/mol. The molecule has 0 aromatic heterocycles. The molecule has 6 atom stereocenters.